The summed E-state index contributed by atoms with van der Waals surface area (Å²) < 4.78 is 65.9. The molecule has 0 amide bonds. The van der Waals surface area contributed by atoms with Crippen LogP contribution in [0.15, 0.2) is 29.2 Å². The Morgan fingerprint density at radius 3 is 2.40 bits per heavy atom. The maximum absolute atomic E-state index is 12.6. The number of nitrogens with one attached hydrogen (secondary N) is 1. The molecule has 0 radical (unpaired) electrons. The average molecular weight is 309 g/mol. The highest BCUT2D eigenvalue weighted by Crippen LogP contribution is 2.36. The normalized spacial score (nSPS) is 23.2. The van der Waals surface area contributed by atoms with E-state index < -0.39 is 20.2 Å². The van der Waals surface area contributed by atoms with Crippen molar-refractivity contribution < 1.29 is 26.3 Å². The fraction of sp³-hybridized carbons (Fsp3) is 0.500. The molecule has 4 nitrogen and oxygen atoms in total. The Bertz CT molecular complexity index is 580. The highest BCUT2D eigenvalue weighted by atomic mass is 32.2. The Kier molecular flexibility index (Phi) is 3.97. The van der Waals surface area contributed by atoms with Gasteiger partial charge in [-0.15, -0.1) is 0 Å². The standard InChI is InChI=1S/C12H14F3NO3S/c1-19-9-6-8(7-9)16-10-4-2-3-5-11(10)20(17,18)12(13,14)15/h2-5,8-9,16H,6-7H2,1H3. The van der Waals surface area contributed by atoms with E-state index in [9.17, 15) is 21.6 Å². The van der Waals surface area contributed by atoms with Gasteiger partial charge in [-0.2, -0.15) is 13.2 Å². The van der Waals surface area contributed by atoms with Gasteiger partial charge in [0.1, 0.15) is 0 Å². The first-order valence-electron chi connectivity index (χ1n) is 5.95. The van der Waals surface area contributed by atoms with Crippen LogP contribution in [-0.2, 0) is 14.6 Å². The molecule has 0 aliphatic heterocycles. The first-order valence-corrected chi connectivity index (χ1v) is 7.43. The molecule has 0 saturated heterocycles. The zero-order valence-corrected chi connectivity index (χ0v) is 11.5. The lowest BCUT2D eigenvalue weighted by Crippen LogP contribution is -2.40. The Morgan fingerprint density at radius 2 is 1.85 bits per heavy atom. The van der Waals surface area contributed by atoms with Gasteiger partial charge in [0.05, 0.1) is 16.7 Å². The highest BCUT2D eigenvalue weighted by molar-refractivity contribution is 7.92. The van der Waals surface area contributed by atoms with E-state index >= 15 is 0 Å². The number of halogens is 3. The highest BCUT2D eigenvalue weighted by Gasteiger charge is 2.48. The molecular formula is C12H14F3NO3S. The topological polar surface area (TPSA) is 55.4 Å². The largest absolute Gasteiger partial charge is 0.501 e. The number of anilines is 1. The molecule has 1 saturated carbocycles. The van der Waals surface area contributed by atoms with Gasteiger partial charge in [-0.3, -0.25) is 0 Å². The van der Waals surface area contributed by atoms with Crippen LogP contribution in [0.3, 0.4) is 0 Å². The van der Waals surface area contributed by atoms with Crippen LogP contribution >= 0.6 is 0 Å². The average Bonchev–Trinajstić information content (AvgIpc) is 2.32. The molecule has 1 aliphatic rings. The van der Waals surface area contributed by atoms with E-state index in [0.29, 0.717) is 12.8 Å². The molecule has 0 aromatic heterocycles. The van der Waals surface area contributed by atoms with Crippen molar-refractivity contribution in [3.63, 3.8) is 0 Å². The number of hydrogen-bond donors (Lipinski definition) is 1. The lowest BCUT2D eigenvalue weighted by molar-refractivity contribution is -0.0435. The summed E-state index contributed by atoms with van der Waals surface area (Å²) in [6.07, 6.45) is 1.34. The van der Waals surface area contributed by atoms with E-state index in [-0.39, 0.29) is 17.8 Å². The number of ether oxygens (including phenoxy) is 1. The Morgan fingerprint density at radius 1 is 1.25 bits per heavy atom. The van der Waals surface area contributed by atoms with Crippen LogP contribution in [0.2, 0.25) is 0 Å². The molecule has 1 aliphatic carbocycles. The predicted molar refractivity (Wildman–Crippen MR) is 67.1 cm³/mol. The summed E-state index contributed by atoms with van der Waals surface area (Å²) in [4.78, 5) is -0.742. The third-order valence-corrected chi connectivity index (χ3v) is 4.81. The van der Waals surface area contributed by atoms with Gasteiger partial charge in [0, 0.05) is 13.2 Å². The molecule has 1 aromatic carbocycles. The van der Waals surface area contributed by atoms with Crippen LogP contribution in [0.25, 0.3) is 0 Å². The molecule has 8 heteroatoms. The summed E-state index contributed by atoms with van der Waals surface area (Å²) in [6, 6.07) is 4.97. The lowest BCUT2D eigenvalue weighted by atomic mass is 9.89. The van der Waals surface area contributed by atoms with E-state index in [1.165, 1.54) is 18.2 Å². The van der Waals surface area contributed by atoms with Crippen molar-refractivity contribution in [2.45, 2.75) is 35.4 Å². The van der Waals surface area contributed by atoms with Gasteiger partial charge in [0.2, 0.25) is 0 Å². The quantitative estimate of drug-likeness (QED) is 0.929. The molecular weight excluding hydrogens is 295 g/mol. The predicted octanol–water partition coefficient (Wildman–Crippen LogP) is 2.57. The molecule has 0 atom stereocenters. The van der Waals surface area contributed by atoms with Crippen LogP contribution in [0, 0.1) is 0 Å². The Hall–Kier alpha value is -1.28. The van der Waals surface area contributed by atoms with Crippen molar-refractivity contribution in [3.05, 3.63) is 24.3 Å². The minimum atomic E-state index is -5.35. The molecule has 0 spiro atoms. The summed E-state index contributed by atoms with van der Waals surface area (Å²) in [7, 11) is -3.79. The summed E-state index contributed by atoms with van der Waals surface area (Å²) in [5.41, 5.74) is -5.33. The summed E-state index contributed by atoms with van der Waals surface area (Å²) in [5, 5.41) is 2.83. The third-order valence-electron chi connectivity index (χ3n) is 3.27. The smallest absolute Gasteiger partial charge is 0.381 e. The van der Waals surface area contributed by atoms with Crippen LogP contribution in [0.5, 0.6) is 0 Å². The minimum absolute atomic E-state index is 0.0237. The first-order chi connectivity index (χ1) is 9.25. The second-order valence-corrected chi connectivity index (χ2v) is 6.53. The van der Waals surface area contributed by atoms with Gasteiger partial charge in [-0.25, -0.2) is 8.42 Å². The second-order valence-electron chi connectivity index (χ2n) is 4.62. The SMILES string of the molecule is COC1CC(Nc2ccccc2S(=O)(=O)C(F)(F)F)C1. The maximum atomic E-state index is 12.6. The van der Waals surface area contributed by atoms with E-state index in [1.807, 2.05) is 0 Å². The van der Waals surface area contributed by atoms with E-state index in [0.717, 1.165) is 6.07 Å². The van der Waals surface area contributed by atoms with Crippen LogP contribution in [0.4, 0.5) is 18.9 Å². The van der Waals surface area contributed by atoms with Crippen molar-refractivity contribution in [1.29, 1.82) is 0 Å². The Labute approximate surface area is 114 Å². The number of rotatable bonds is 4. The zero-order chi connectivity index (χ0) is 15.0. The number of methoxy groups -OCH3 is 1. The van der Waals surface area contributed by atoms with Crippen LogP contribution < -0.4 is 5.32 Å². The van der Waals surface area contributed by atoms with Crippen LogP contribution in [-0.4, -0.2) is 33.2 Å². The molecule has 112 valence electrons. The number of benzene rings is 1. The van der Waals surface area contributed by atoms with E-state index in [2.05, 4.69) is 5.32 Å². The van der Waals surface area contributed by atoms with Crippen molar-refractivity contribution in [3.8, 4) is 0 Å². The van der Waals surface area contributed by atoms with Gasteiger partial charge in [0.25, 0.3) is 9.84 Å². The van der Waals surface area contributed by atoms with Gasteiger partial charge < -0.3 is 10.1 Å². The van der Waals surface area contributed by atoms with Crippen molar-refractivity contribution in [1.82, 2.24) is 0 Å². The molecule has 0 heterocycles. The van der Waals surface area contributed by atoms with Gasteiger partial charge in [-0.05, 0) is 25.0 Å². The number of hydrogen-bond acceptors (Lipinski definition) is 4. The van der Waals surface area contributed by atoms with Crippen molar-refractivity contribution in [2.75, 3.05) is 12.4 Å². The molecule has 1 aromatic rings. The zero-order valence-electron chi connectivity index (χ0n) is 10.6. The molecule has 2 rings (SSSR count). The molecule has 0 bridgehead atoms. The second kappa shape index (κ2) is 5.25. The number of sulfone groups is 1. The van der Waals surface area contributed by atoms with Gasteiger partial charge in [-0.1, -0.05) is 12.1 Å². The molecule has 0 unspecified atom stereocenters. The van der Waals surface area contributed by atoms with Crippen molar-refractivity contribution in [2.24, 2.45) is 0 Å². The molecule has 1 fully saturated rings. The van der Waals surface area contributed by atoms with Gasteiger partial charge >= 0.3 is 5.51 Å². The molecule has 20 heavy (non-hydrogen) atoms. The fourth-order valence-electron chi connectivity index (χ4n) is 2.04. The lowest BCUT2D eigenvalue weighted by Gasteiger charge is -2.35. The molecule has 1 N–H and O–H groups in total. The monoisotopic (exact) mass is 309 g/mol. The first kappa shape index (κ1) is 15.1. The summed E-state index contributed by atoms with van der Waals surface area (Å²) >= 11 is 0. The number of alkyl halides is 3. The van der Waals surface area contributed by atoms with E-state index in [4.69, 9.17) is 4.74 Å². The van der Waals surface area contributed by atoms with Crippen LogP contribution in [0.1, 0.15) is 12.8 Å². The summed E-state index contributed by atoms with van der Waals surface area (Å²) in [6.45, 7) is 0. The third kappa shape index (κ3) is 2.76. The van der Waals surface area contributed by atoms with Crippen molar-refractivity contribution >= 4 is 15.5 Å². The van der Waals surface area contributed by atoms with E-state index in [1.54, 1.807) is 7.11 Å². The fourth-order valence-corrected chi connectivity index (χ4v) is 2.96. The Balaban J connectivity index is 2.24. The minimum Gasteiger partial charge on any atom is -0.381 e. The number of para-hydroxylation sites is 1. The van der Waals surface area contributed by atoms with Gasteiger partial charge in [0.15, 0.2) is 0 Å². The summed E-state index contributed by atoms with van der Waals surface area (Å²) in [5.74, 6) is 0. The maximum Gasteiger partial charge on any atom is 0.501 e.